The van der Waals surface area contributed by atoms with E-state index in [4.69, 9.17) is 9.88 Å². The summed E-state index contributed by atoms with van der Waals surface area (Å²) in [7, 11) is -3.93. The fraction of sp³-hybridized carbons (Fsp3) is 0.0870. The Kier molecular flexibility index (Phi) is 6.82. The van der Waals surface area contributed by atoms with Crippen molar-refractivity contribution in [3.05, 3.63) is 95.1 Å². The number of benzene rings is 3. The molecule has 0 spiro atoms. The van der Waals surface area contributed by atoms with Gasteiger partial charge in [0.05, 0.1) is 10.5 Å². The number of anilines is 1. The van der Waals surface area contributed by atoms with Crippen LogP contribution >= 0.6 is 0 Å². The number of rotatable bonds is 7. The van der Waals surface area contributed by atoms with Gasteiger partial charge >= 0.3 is 5.97 Å². The third-order valence-corrected chi connectivity index (χ3v) is 5.40. The van der Waals surface area contributed by atoms with Crippen molar-refractivity contribution in [1.82, 2.24) is 0 Å². The first-order valence-corrected chi connectivity index (χ1v) is 11.0. The van der Waals surface area contributed by atoms with Gasteiger partial charge in [0.2, 0.25) is 10.0 Å². The van der Waals surface area contributed by atoms with E-state index in [0.29, 0.717) is 5.56 Å². The maximum atomic E-state index is 12.8. The van der Waals surface area contributed by atoms with Crippen molar-refractivity contribution in [3.63, 3.8) is 0 Å². The number of hydrogen-bond acceptors (Lipinski definition) is 6. The molecule has 9 heteroatoms. The molecule has 3 rings (SSSR count). The number of esters is 1. The highest BCUT2D eigenvalue weighted by Gasteiger charge is 2.20. The Morgan fingerprint density at radius 3 is 2.22 bits per heavy atom. The average molecular weight is 452 g/mol. The third kappa shape index (κ3) is 5.65. The molecule has 0 saturated carbocycles. The zero-order valence-corrected chi connectivity index (χ0v) is 17.9. The van der Waals surface area contributed by atoms with E-state index in [-0.39, 0.29) is 27.5 Å². The van der Waals surface area contributed by atoms with Crippen LogP contribution in [0.4, 0.5) is 5.69 Å². The Hall–Kier alpha value is -3.82. The highest BCUT2D eigenvalue weighted by Crippen LogP contribution is 2.17. The van der Waals surface area contributed by atoms with Gasteiger partial charge in [-0.15, -0.1) is 0 Å². The first kappa shape index (κ1) is 22.9. The van der Waals surface area contributed by atoms with Crippen LogP contribution in [0.3, 0.4) is 0 Å². The molecule has 3 aromatic rings. The number of carbonyl (C=O) groups is 3. The van der Waals surface area contributed by atoms with E-state index in [2.05, 4.69) is 5.32 Å². The Morgan fingerprint density at radius 1 is 0.906 bits per heavy atom. The van der Waals surface area contributed by atoms with E-state index in [1.807, 2.05) is 6.92 Å². The number of nitrogens with one attached hydrogen (secondary N) is 1. The van der Waals surface area contributed by atoms with E-state index in [0.717, 1.165) is 5.56 Å². The summed E-state index contributed by atoms with van der Waals surface area (Å²) in [5.41, 5.74) is 1.77. The number of hydrogen-bond donors (Lipinski definition) is 2. The molecule has 0 aromatic heterocycles. The van der Waals surface area contributed by atoms with Crippen LogP contribution in [-0.2, 0) is 19.6 Å². The predicted octanol–water partition coefficient (Wildman–Crippen LogP) is 2.67. The molecule has 0 aliphatic rings. The second-order valence-corrected chi connectivity index (χ2v) is 8.50. The zero-order chi connectivity index (χ0) is 23.3. The molecule has 164 valence electrons. The minimum absolute atomic E-state index is 0.0297. The SMILES string of the molecule is Cc1ccc(C(=O)c2ccccc2C(=O)OCC(=O)Nc2cccc(S(N)(=O)=O)c2)cc1. The minimum Gasteiger partial charge on any atom is -0.452 e. The van der Waals surface area contributed by atoms with Crippen LogP contribution < -0.4 is 10.5 Å². The quantitative estimate of drug-likeness (QED) is 0.418. The highest BCUT2D eigenvalue weighted by atomic mass is 32.2. The molecule has 3 N–H and O–H groups in total. The van der Waals surface area contributed by atoms with Gasteiger partial charge in [0.1, 0.15) is 0 Å². The van der Waals surface area contributed by atoms with Crippen LogP contribution in [0.5, 0.6) is 0 Å². The van der Waals surface area contributed by atoms with Crippen LogP contribution in [0.25, 0.3) is 0 Å². The van der Waals surface area contributed by atoms with Crippen molar-refractivity contribution in [2.24, 2.45) is 5.14 Å². The number of sulfonamides is 1. The van der Waals surface area contributed by atoms with Crippen molar-refractivity contribution in [2.75, 3.05) is 11.9 Å². The molecule has 3 aromatic carbocycles. The maximum absolute atomic E-state index is 12.8. The van der Waals surface area contributed by atoms with Gasteiger partial charge in [-0.25, -0.2) is 18.4 Å². The summed E-state index contributed by atoms with van der Waals surface area (Å²) in [5.74, 6) is -1.87. The summed E-state index contributed by atoms with van der Waals surface area (Å²) < 4.78 is 27.9. The Bertz CT molecular complexity index is 1280. The Balaban J connectivity index is 1.69. The molecule has 0 saturated heterocycles. The largest absolute Gasteiger partial charge is 0.452 e. The van der Waals surface area contributed by atoms with E-state index < -0.39 is 28.5 Å². The fourth-order valence-corrected chi connectivity index (χ4v) is 3.44. The van der Waals surface area contributed by atoms with Crippen molar-refractivity contribution >= 4 is 33.4 Å². The molecule has 0 bridgehead atoms. The van der Waals surface area contributed by atoms with Gasteiger partial charge in [0.25, 0.3) is 5.91 Å². The molecule has 8 nitrogen and oxygen atoms in total. The molecule has 0 heterocycles. The molecular formula is C23H20N2O6S. The summed E-state index contributed by atoms with van der Waals surface area (Å²) in [6.45, 7) is 1.27. The summed E-state index contributed by atoms with van der Waals surface area (Å²) in [5, 5.41) is 7.50. The molecule has 1 amide bonds. The molecule has 0 radical (unpaired) electrons. The lowest BCUT2D eigenvalue weighted by Crippen LogP contribution is -2.22. The maximum Gasteiger partial charge on any atom is 0.339 e. The molecule has 0 atom stereocenters. The standard InChI is InChI=1S/C23H20N2O6S/c1-15-9-11-16(12-10-15)22(27)19-7-2-3-8-20(19)23(28)31-14-21(26)25-17-5-4-6-18(13-17)32(24,29)30/h2-13H,14H2,1H3,(H,25,26)(H2,24,29,30). The first-order valence-electron chi connectivity index (χ1n) is 9.45. The second kappa shape index (κ2) is 9.54. The summed E-state index contributed by atoms with van der Waals surface area (Å²) in [6.07, 6.45) is 0. The highest BCUT2D eigenvalue weighted by molar-refractivity contribution is 7.89. The van der Waals surface area contributed by atoms with Crippen LogP contribution in [0.1, 0.15) is 31.8 Å². The van der Waals surface area contributed by atoms with Gasteiger partial charge in [-0.2, -0.15) is 0 Å². The number of aryl methyl sites for hydroxylation is 1. The lowest BCUT2D eigenvalue weighted by Gasteiger charge is -2.10. The monoisotopic (exact) mass is 452 g/mol. The lowest BCUT2D eigenvalue weighted by molar-refractivity contribution is -0.119. The Morgan fingerprint density at radius 2 is 1.56 bits per heavy atom. The van der Waals surface area contributed by atoms with Crippen molar-refractivity contribution in [2.45, 2.75) is 11.8 Å². The van der Waals surface area contributed by atoms with Gasteiger partial charge in [0.15, 0.2) is 12.4 Å². The van der Waals surface area contributed by atoms with Gasteiger partial charge in [-0.1, -0.05) is 54.1 Å². The van der Waals surface area contributed by atoms with E-state index in [1.54, 1.807) is 36.4 Å². The van der Waals surface area contributed by atoms with E-state index in [9.17, 15) is 22.8 Å². The fourth-order valence-electron chi connectivity index (χ4n) is 2.88. The van der Waals surface area contributed by atoms with Gasteiger partial charge < -0.3 is 10.1 Å². The number of ether oxygens (including phenoxy) is 1. The van der Waals surface area contributed by atoms with E-state index in [1.165, 1.54) is 36.4 Å². The molecule has 0 aliphatic heterocycles. The topological polar surface area (TPSA) is 133 Å². The Labute approximate surface area is 185 Å². The van der Waals surface area contributed by atoms with Crippen molar-refractivity contribution < 1.29 is 27.5 Å². The minimum atomic E-state index is -3.93. The van der Waals surface area contributed by atoms with Crippen LogP contribution in [0.2, 0.25) is 0 Å². The number of primary sulfonamides is 1. The number of nitrogens with two attached hydrogens (primary N) is 1. The van der Waals surface area contributed by atoms with Crippen molar-refractivity contribution in [1.29, 1.82) is 0 Å². The second-order valence-electron chi connectivity index (χ2n) is 6.94. The summed E-state index contributed by atoms with van der Waals surface area (Å²) in [4.78, 5) is 37.4. The first-order chi connectivity index (χ1) is 15.1. The summed E-state index contributed by atoms with van der Waals surface area (Å²) >= 11 is 0. The van der Waals surface area contributed by atoms with Gasteiger partial charge in [-0.3, -0.25) is 9.59 Å². The molecule has 0 fully saturated rings. The molecule has 0 aliphatic carbocycles. The van der Waals surface area contributed by atoms with Crippen LogP contribution in [0, 0.1) is 6.92 Å². The van der Waals surface area contributed by atoms with Gasteiger partial charge in [-0.05, 0) is 31.2 Å². The van der Waals surface area contributed by atoms with Crippen molar-refractivity contribution in [3.8, 4) is 0 Å². The average Bonchev–Trinajstić information content (AvgIpc) is 2.77. The smallest absolute Gasteiger partial charge is 0.339 e. The summed E-state index contributed by atoms with van der Waals surface area (Å²) in [6, 6.07) is 18.4. The lowest BCUT2D eigenvalue weighted by atomic mass is 9.98. The molecule has 0 unspecified atom stereocenters. The number of amides is 1. The normalized spacial score (nSPS) is 10.9. The number of carbonyl (C=O) groups excluding carboxylic acids is 3. The molecular weight excluding hydrogens is 432 g/mol. The number of ketones is 1. The van der Waals surface area contributed by atoms with Gasteiger partial charge in [0, 0.05) is 16.8 Å². The zero-order valence-electron chi connectivity index (χ0n) is 17.1. The van der Waals surface area contributed by atoms with Crippen LogP contribution in [0.15, 0.2) is 77.7 Å². The van der Waals surface area contributed by atoms with E-state index >= 15 is 0 Å². The van der Waals surface area contributed by atoms with Crippen LogP contribution in [-0.4, -0.2) is 32.7 Å². The molecule has 32 heavy (non-hydrogen) atoms. The third-order valence-electron chi connectivity index (χ3n) is 4.49. The predicted molar refractivity (Wildman–Crippen MR) is 118 cm³/mol.